The first kappa shape index (κ1) is 79.0. The van der Waals surface area contributed by atoms with Crippen LogP contribution in [0.25, 0.3) is 0 Å². The molecule has 3 aliphatic heterocycles. The Morgan fingerprint density at radius 1 is 0.469 bits per heavy atom. The topological polar surface area (TPSA) is 320 Å². The smallest absolute Gasteiger partial charge is 0.303 e. The van der Waals surface area contributed by atoms with Gasteiger partial charge in [0.2, 0.25) is 0 Å². The number of hydrogen-bond acceptors (Lipinski definition) is 21. The van der Waals surface area contributed by atoms with Crippen molar-refractivity contribution in [1.82, 2.24) is 0 Å². The zero-order valence-corrected chi connectivity index (χ0v) is 57.3. The molecule has 3 fully saturated rings. The number of carbonyl (C=O) groups is 2. The molecule has 6 aromatic rings. The zero-order chi connectivity index (χ0) is 70.3. The molecule has 0 amide bonds. The summed E-state index contributed by atoms with van der Waals surface area (Å²) in [6, 6.07) is 39.5. The van der Waals surface area contributed by atoms with Crippen LogP contribution in [-0.2, 0) is 57.4 Å². The van der Waals surface area contributed by atoms with Gasteiger partial charge in [-0.15, -0.1) is 0 Å². The van der Waals surface area contributed by atoms with E-state index in [0.717, 1.165) is 62.6 Å². The first-order valence-corrected chi connectivity index (χ1v) is 33.1. The second kappa shape index (κ2) is 38.9. The highest BCUT2D eigenvalue weighted by Gasteiger charge is 2.49. The molecule has 10 N–H and O–H groups in total. The van der Waals surface area contributed by atoms with Crippen LogP contribution < -0.4 is 14.2 Å². The molecular formula is C72H91Cl3O21. The number of halogens is 3. The van der Waals surface area contributed by atoms with Crippen molar-refractivity contribution in [3.05, 3.63) is 193 Å². The van der Waals surface area contributed by atoms with Gasteiger partial charge in [0, 0.05) is 34.8 Å². The molecule has 526 valence electrons. The van der Waals surface area contributed by atoms with Crippen molar-refractivity contribution in [2.75, 3.05) is 39.6 Å². The normalized spacial score (nSPS) is 25.6. The summed E-state index contributed by atoms with van der Waals surface area (Å²) in [4.78, 5) is 27.4. The van der Waals surface area contributed by atoms with E-state index in [1.54, 1.807) is 24.3 Å². The Kier molecular flexibility index (Phi) is 32.0. The van der Waals surface area contributed by atoms with Crippen molar-refractivity contribution < 1.29 is 104 Å². The van der Waals surface area contributed by atoms with Gasteiger partial charge in [-0.05, 0) is 158 Å². The summed E-state index contributed by atoms with van der Waals surface area (Å²) in [6.45, 7) is 14.9. The van der Waals surface area contributed by atoms with Crippen molar-refractivity contribution in [1.29, 1.82) is 0 Å². The molecule has 3 saturated heterocycles. The van der Waals surface area contributed by atoms with E-state index in [4.69, 9.17) is 83.1 Å². The van der Waals surface area contributed by atoms with Crippen molar-refractivity contribution in [3.8, 4) is 17.2 Å². The lowest BCUT2D eigenvalue weighted by Crippen LogP contribution is -2.55. The van der Waals surface area contributed by atoms with Gasteiger partial charge in [-0.1, -0.05) is 121 Å². The quantitative estimate of drug-likeness (QED) is 0.0172. The molecule has 0 radical (unpaired) electrons. The minimum Gasteiger partial charge on any atom is -0.494 e. The number of rotatable bonds is 22. The fraction of sp³-hybridized carbons (Fsp3) is 0.472. The highest BCUT2D eigenvalue weighted by Crippen LogP contribution is 2.42. The maximum atomic E-state index is 12.0. The standard InChI is InChI=1S/C27H33ClO6.2C21H25ClO6.C3H8O3/c1-6-24-16(3)25(32-17(4)29)27(33-18(5)30)26(34-24)20-10-13-23(28)21(15-20)14-19-8-11-22(12-9-19)31-7-2;2*1-2-27-15-6-3-12(4-7-15)9-14-10-13(5-8-16(14)22)21-20(26)19(25)18(24)17(11-23)28-21;1-3(4)2-6-5/h8-13,15-16,24-27H,6-7,14H2,1-5H3;2*3-8,10,17-21,23-26H,2,9,11H2,1H3;3-5H,2H2,1H3/t16-,24-,25+,26+,27-;2*17-,18-,19+,20-,21+;3-/m1110/s1. The summed E-state index contributed by atoms with van der Waals surface area (Å²) >= 11 is 19.2. The van der Waals surface area contributed by atoms with E-state index in [-0.39, 0.29) is 18.6 Å². The van der Waals surface area contributed by atoms with Crippen molar-refractivity contribution in [2.24, 2.45) is 5.92 Å². The van der Waals surface area contributed by atoms with Gasteiger partial charge in [0.25, 0.3) is 0 Å². The number of carbonyl (C=O) groups excluding carboxylic acids is 2. The monoisotopic (exact) mass is 1400 g/mol. The Morgan fingerprint density at radius 2 is 0.792 bits per heavy atom. The summed E-state index contributed by atoms with van der Waals surface area (Å²) in [5, 5.41) is 97.0. The number of aliphatic hydroxyl groups is 9. The fourth-order valence-electron chi connectivity index (χ4n) is 11.3. The molecule has 3 heterocycles. The number of aliphatic hydroxyl groups excluding tert-OH is 9. The Hall–Kier alpha value is -6.03. The van der Waals surface area contributed by atoms with Crippen LogP contribution >= 0.6 is 34.8 Å². The van der Waals surface area contributed by atoms with Crippen LogP contribution in [-0.4, -0.2) is 176 Å². The molecule has 0 aliphatic carbocycles. The lowest BCUT2D eigenvalue weighted by atomic mass is 9.84. The largest absolute Gasteiger partial charge is 0.494 e. The van der Waals surface area contributed by atoms with E-state index >= 15 is 0 Å². The van der Waals surface area contributed by atoms with E-state index < -0.39 is 111 Å². The van der Waals surface area contributed by atoms with Gasteiger partial charge in [-0.3, -0.25) is 14.8 Å². The van der Waals surface area contributed by atoms with E-state index in [1.807, 2.05) is 138 Å². The van der Waals surface area contributed by atoms with Gasteiger partial charge >= 0.3 is 11.9 Å². The summed E-state index contributed by atoms with van der Waals surface area (Å²) in [5.74, 6) is 1.41. The highest BCUT2D eigenvalue weighted by atomic mass is 35.5. The molecule has 0 saturated carbocycles. The number of benzene rings is 6. The van der Waals surface area contributed by atoms with Crippen LogP contribution in [0.1, 0.15) is 130 Å². The van der Waals surface area contributed by atoms with Crippen LogP contribution in [0.15, 0.2) is 127 Å². The zero-order valence-electron chi connectivity index (χ0n) is 55.0. The third-order valence-electron chi connectivity index (χ3n) is 16.2. The average molecular weight is 1400 g/mol. The molecule has 3 aliphatic rings. The third kappa shape index (κ3) is 22.2. The molecule has 0 bridgehead atoms. The lowest BCUT2D eigenvalue weighted by Gasteiger charge is -2.44. The van der Waals surface area contributed by atoms with Crippen LogP contribution in [0.5, 0.6) is 17.2 Å². The minimum absolute atomic E-state index is 0.0139. The molecule has 0 unspecified atom stereocenters. The molecule has 24 heteroatoms. The summed E-state index contributed by atoms with van der Waals surface area (Å²) < 4.78 is 45.4. The van der Waals surface area contributed by atoms with Crippen LogP contribution in [0.2, 0.25) is 15.1 Å². The summed E-state index contributed by atoms with van der Waals surface area (Å²) in [7, 11) is 0. The Balaban J connectivity index is 0.000000219. The first-order chi connectivity index (χ1) is 45.9. The predicted octanol–water partition coefficient (Wildman–Crippen LogP) is 9.22. The van der Waals surface area contributed by atoms with Gasteiger partial charge in [0.15, 0.2) is 6.10 Å². The number of hydrogen-bond donors (Lipinski definition) is 10. The van der Waals surface area contributed by atoms with E-state index in [9.17, 15) is 50.4 Å². The molecule has 0 aromatic heterocycles. The molecule has 6 aromatic carbocycles. The minimum atomic E-state index is -1.42. The molecule has 96 heavy (non-hydrogen) atoms. The summed E-state index contributed by atoms with van der Waals surface area (Å²) in [5.41, 5.74) is 7.79. The number of esters is 2. The predicted molar refractivity (Wildman–Crippen MR) is 359 cm³/mol. The summed E-state index contributed by atoms with van der Waals surface area (Å²) in [6.07, 6.45) is -12.1. The lowest BCUT2D eigenvalue weighted by molar-refractivity contribution is -0.255. The number of ether oxygens (including phenoxy) is 8. The Labute approximate surface area is 575 Å². The van der Waals surface area contributed by atoms with Gasteiger partial charge in [-0.25, -0.2) is 4.89 Å². The molecule has 0 spiro atoms. The van der Waals surface area contributed by atoms with Crippen LogP contribution in [0, 0.1) is 5.92 Å². The second-order valence-electron chi connectivity index (χ2n) is 23.5. The molecule has 16 atom stereocenters. The molecule has 21 nitrogen and oxygen atoms in total. The van der Waals surface area contributed by atoms with Gasteiger partial charge < -0.3 is 83.9 Å². The van der Waals surface area contributed by atoms with Gasteiger partial charge in [-0.2, -0.15) is 0 Å². The maximum absolute atomic E-state index is 12.0. The highest BCUT2D eigenvalue weighted by molar-refractivity contribution is 6.32. The molecule has 9 rings (SSSR count). The third-order valence-corrected chi connectivity index (χ3v) is 17.3. The van der Waals surface area contributed by atoms with Crippen molar-refractivity contribution in [2.45, 2.75) is 173 Å². The fourth-order valence-corrected chi connectivity index (χ4v) is 11.9. The average Bonchev–Trinajstić information content (AvgIpc) is 0.791. The SMILES string of the molecule is CCOc1ccc(Cc2cc([C@@H]3O[C@H](CC)[C@@H](C)[C@H](OC(C)=O)[C@H]3OC(C)=O)ccc2Cl)cc1.CCOc1ccc(Cc2cc([C@@H]3O[C@H](CO)[C@@H](O)[C@H](O)[C@H]3O)ccc2Cl)cc1.CCOc1ccc(Cc2cc([C@@H]3O[C@H](CO)[C@@H](O)[C@H](O)[C@H]3O)ccc2Cl)cc1.C[C@H](O)COO. The Morgan fingerprint density at radius 3 is 1.07 bits per heavy atom. The van der Waals surface area contributed by atoms with E-state index in [1.165, 1.54) is 20.8 Å². The van der Waals surface area contributed by atoms with E-state index in [0.29, 0.717) is 65.3 Å². The van der Waals surface area contributed by atoms with Crippen molar-refractivity contribution >= 4 is 46.7 Å². The second-order valence-corrected chi connectivity index (χ2v) is 24.7. The molecular weight excluding hydrogens is 1310 g/mol. The van der Waals surface area contributed by atoms with E-state index in [2.05, 4.69) is 4.89 Å². The van der Waals surface area contributed by atoms with Crippen LogP contribution in [0.4, 0.5) is 0 Å². The van der Waals surface area contributed by atoms with Gasteiger partial charge in [0.1, 0.15) is 97.1 Å². The van der Waals surface area contributed by atoms with Gasteiger partial charge in [0.05, 0.1) is 45.2 Å². The first-order valence-electron chi connectivity index (χ1n) is 31.9. The maximum Gasteiger partial charge on any atom is 0.303 e. The Bertz CT molecular complexity index is 3190. The van der Waals surface area contributed by atoms with Crippen LogP contribution in [0.3, 0.4) is 0 Å². The van der Waals surface area contributed by atoms with Crippen molar-refractivity contribution in [3.63, 3.8) is 0 Å².